The van der Waals surface area contributed by atoms with Crippen LogP contribution in [0.3, 0.4) is 0 Å². The SMILES string of the molecule is COc1cccc(-c2nc(-c3ccc4c(c3)ncn4CCC(=O)N3CCCC3)no2)c1. The highest BCUT2D eigenvalue weighted by atomic mass is 16.5. The summed E-state index contributed by atoms with van der Waals surface area (Å²) >= 11 is 0. The van der Waals surface area contributed by atoms with Crippen LogP contribution in [0.15, 0.2) is 53.3 Å². The van der Waals surface area contributed by atoms with Crippen LogP contribution in [0.25, 0.3) is 33.9 Å². The topological polar surface area (TPSA) is 86.3 Å². The Hall–Kier alpha value is -3.68. The van der Waals surface area contributed by atoms with Gasteiger partial charge < -0.3 is 18.7 Å². The molecule has 1 amide bonds. The van der Waals surface area contributed by atoms with Gasteiger partial charge in [0, 0.05) is 37.2 Å². The fraction of sp³-hybridized carbons (Fsp3) is 0.304. The van der Waals surface area contributed by atoms with E-state index in [0.29, 0.717) is 24.7 Å². The third-order valence-electron chi connectivity index (χ3n) is 5.65. The van der Waals surface area contributed by atoms with E-state index in [1.54, 1.807) is 13.4 Å². The van der Waals surface area contributed by atoms with Gasteiger partial charge in [0.1, 0.15) is 5.75 Å². The van der Waals surface area contributed by atoms with E-state index in [-0.39, 0.29) is 5.91 Å². The molecule has 0 N–H and O–H groups in total. The molecular formula is C23H23N5O3. The fourth-order valence-corrected chi connectivity index (χ4v) is 3.94. The highest BCUT2D eigenvalue weighted by Gasteiger charge is 2.18. The lowest BCUT2D eigenvalue weighted by Gasteiger charge is -2.15. The average Bonchev–Trinajstić information content (AvgIpc) is 3.58. The Kier molecular flexibility index (Phi) is 5.11. The molecule has 0 unspecified atom stereocenters. The molecule has 8 heteroatoms. The van der Waals surface area contributed by atoms with Crippen LogP contribution in [0.2, 0.25) is 0 Å². The number of aryl methyl sites for hydroxylation is 1. The van der Waals surface area contributed by atoms with Crippen LogP contribution in [0.4, 0.5) is 0 Å². The van der Waals surface area contributed by atoms with Crippen molar-refractivity contribution in [1.29, 1.82) is 0 Å². The number of amides is 1. The number of likely N-dealkylation sites (tertiary alicyclic amines) is 1. The van der Waals surface area contributed by atoms with Crippen molar-refractivity contribution >= 4 is 16.9 Å². The van der Waals surface area contributed by atoms with E-state index >= 15 is 0 Å². The number of nitrogens with zero attached hydrogens (tertiary/aromatic N) is 5. The normalized spacial score (nSPS) is 13.8. The van der Waals surface area contributed by atoms with Gasteiger partial charge in [-0.05, 0) is 49.2 Å². The van der Waals surface area contributed by atoms with E-state index in [0.717, 1.165) is 53.8 Å². The number of carbonyl (C=O) groups excluding carboxylic acids is 1. The third-order valence-corrected chi connectivity index (χ3v) is 5.65. The molecular weight excluding hydrogens is 394 g/mol. The number of fused-ring (bicyclic) bond motifs is 1. The molecule has 1 aliphatic rings. The molecule has 1 fully saturated rings. The van der Waals surface area contributed by atoms with E-state index in [1.807, 2.05) is 51.9 Å². The van der Waals surface area contributed by atoms with Crippen LogP contribution in [-0.2, 0) is 11.3 Å². The van der Waals surface area contributed by atoms with Gasteiger partial charge >= 0.3 is 0 Å². The van der Waals surface area contributed by atoms with E-state index < -0.39 is 0 Å². The number of aromatic nitrogens is 4. The maximum atomic E-state index is 12.3. The summed E-state index contributed by atoms with van der Waals surface area (Å²) in [7, 11) is 1.62. The van der Waals surface area contributed by atoms with Gasteiger partial charge in [-0.1, -0.05) is 11.2 Å². The molecule has 158 valence electrons. The smallest absolute Gasteiger partial charge is 0.258 e. The number of benzene rings is 2. The van der Waals surface area contributed by atoms with Gasteiger partial charge in [-0.3, -0.25) is 4.79 Å². The molecule has 0 saturated carbocycles. The molecule has 0 aliphatic carbocycles. The molecule has 1 saturated heterocycles. The Morgan fingerprint density at radius 1 is 1.13 bits per heavy atom. The Morgan fingerprint density at radius 2 is 2.00 bits per heavy atom. The first-order valence-electron chi connectivity index (χ1n) is 10.4. The van der Waals surface area contributed by atoms with Crippen LogP contribution < -0.4 is 4.74 Å². The molecule has 1 aliphatic heterocycles. The van der Waals surface area contributed by atoms with Crippen molar-refractivity contribution in [3.05, 3.63) is 48.8 Å². The quantitative estimate of drug-likeness (QED) is 0.475. The van der Waals surface area contributed by atoms with Crippen LogP contribution >= 0.6 is 0 Å². The number of carbonyl (C=O) groups is 1. The predicted octanol–water partition coefficient (Wildman–Crippen LogP) is 3.77. The maximum Gasteiger partial charge on any atom is 0.258 e. The van der Waals surface area contributed by atoms with E-state index in [4.69, 9.17) is 9.26 Å². The van der Waals surface area contributed by atoms with Crippen molar-refractivity contribution in [3.8, 4) is 28.6 Å². The lowest BCUT2D eigenvalue weighted by molar-refractivity contribution is -0.130. The molecule has 0 radical (unpaired) electrons. The number of imidazole rings is 1. The number of methoxy groups -OCH3 is 1. The van der Waals surface area contributed by atoms with Crippen LogP contribution in [-0.4, -0.2) is 50.7 Å². The van der Waals surface area contributed by atoms with Crippen LogP contribution in [0.5, 0.6) is 5.75 Å². The van der Waals surface area contributed by atoms with Gasteiger partial charge in [-0.15, -0.1) is 0 Å². The average molecular weight is 417 g/mol. The van der Waals surface area contributed by atoms with Crippen molar-refractivity contribution in [2.45, 2.75) is 25.8 Å². The first-order valence-corrected chi connectivity index (χ1v) is 10.4. The number of hydrogen-bond acceptors (Lipinski definition) is 6. The summed E-state index contributed by atoms with van der Waals surface area (Å²) in [6, 6.07) is 13.4. The molecule has 3 heterocycles. The van der Waals surface area contributed by atoms with E-state index in [2.05, 4.69) is 15.1 Å². The maximum absolute atomic E-state index is 12.3. The van der Waals surface area contributed by atoms with Gasteiger partial charge in [-0.25, -0.2) is 4.98 Å². The minimum Gasteiger partial charge on any atom is -0.497 e. The van der Waals surface area contributed by atoms with Crippen LogP contribution in [0, 0.1) is 0 Å². The number of rotatable bonds is 6. The molecule has 2 aromatic carbocycles. The second kappa shape index (κ2) is 8.22. The summed E-state index contributed by atoms with van der Waals surface area (Å²) < 4.78 is 12.7. The largest absolute Gasteiger partial charge is 0.497 e. The molecule has 0 spiro atoms. The minimum absolute atomic E-state index is 0.216. The Balaban J connectivity index is 1.34. The van der Waals surface area contributed by atoms with Gasteiger partial charge in [-0.2, -0.15) is 4.98 Å². The first-order chi connectivity index (χ1) is 15.2. The Bertz CT molecular complexity index is 1220. The Morgan fingerprint density at radius 3 is 2.84 bits per heavy atom. The van der Waals surface area contributed by atoms with E-state index in [1.165, 1.54) is 0 Å². The van der Waals surface area contributed by atoms with Gasteiger partial charge in [0.2, 0.25) is 11.7 Å². The van der Waals surface area contributed by atoms with Crippen molar-refractivity contribution in [2.24, 2.45) is 0 Å². The summed E-state index contributed by atoms with van der Waals surface area (Å²) in [6.07, 6.45) is 4.49. The lowest BCUT2D eigenvalue weighted by Crippen LogP contribution is -2.28. The van der Waals surface area contributed by atoms with Crippen molar-refractivity contribution in [2.75, 3.05) is 20.2 Å². The summed E-state index contributed by atoms with van der Waals surface area (Å²) in [4.78, 5) is 23.3. The van der Waals surface area contributed by atoms with Crippen LogP contribution in [0.1, 0.15) is 19.3 Å². The summed E-state index contributed by atoms with van der Waals surface area (Å²) in [5, 5.41) is 4.12. The molecule has 0 atom stereocenters. The van der Waals surface area contributed by atoms with Crippen molar-refractivity contribution in [1.82, 2.24) is 24.6 Å². The lowest BCUT2D eigenvalue weighted by atomic mass is 10.2. The molecule has 0 bridgehead atoms. The molecule has 8 nitrogen and oxygen atoms in total. The third kappa shape index (κ3) is 3.88. The highest BCUT2D eigenvalue weighted by molar-refractivity contribution is 5.81. The number of hydrogen-bond donors (Lipinski definition) is 0. The van der Waals surface area contributed by atoms with Crippen molar-refractivity contribution < 1.29 is 14.1 Å². The predicted molar refractivity (Wildman–Crippen MR) is 115 cm³/mol. The zero-order chi connectivity index (χ0) is 21.2. The second-order valence-electron chi connectivity index (χ2n) is 7.63. The zero-order valence-corrected chi connectivity index (χ0v) is 17.3. The van der Waals surface area contributed by atoms with Gasteiger partial charge in [0.25, 0.3) is 5.89 Å². The standard InChI is InChI=1S/C23H23N5O3/c1-30-18-6-4-5-17(13-18)23-25-22(26-31-23)16-7-8-20-19(14-16)24-15-28(20)12-9-21(29)27-10-2-3-11-27/h4-8,13-15H,2-3,9-12H2,1H3. The molecule has 2 aromatic heterocycles. The monoisotopic (exact) mass is 417 g/mol. The highest BCUT2D eigenvalue weighted by Crippen LogP contribution is 2.27. The van der Waals surface area contributed by atoms with Gasteiger partial charge in [0.05, 0.1) is 24.5 Å². The molecule has 5 rings (SSSR count). The fourth-order valence-electron chi connectivity index (χ4n) is 3.94. The first kappa shape index (κ1) is 19.3. The van der Waals surface area contributed by atoms with Crippen molar-refractivity contribution in [3.63, 3.8) is 0 Å². The second-order valence-corrected chi connectivity index (χ2v) is 7.63. The minimum atomic E-state index is 0.216. The summed E-state index contributed by atoms with van der Waals surface area (Å²) in [5.74, 6) is 1.87. The summed E-state index contributed by atoms with van der Waals surface area (Å²) in [5.41, 5.74) is 3.43. The van der Waals surface area contributed by atoms with E-state index in [9.17, 15) is 4.79 Å². The Labute approximate surface area is 179 Å². The summed E-state index contributed by atoms with van der Waals surface area (Å²) in [6.45, 7) is 2.39. The van der Waals surface area contributed by atoms with Gasteiger partial charge in [0.15, 0.2) is 0 Å². The molecule has 4 aromatic rings. The molecule has 31 heavy (non-hydrogen) atoms. The zero-order valence-electron chi connectivity index (χ0n) is 17.3. The number of ether oxygens (including phenoxy) is 1.